The Labute approximate surface area is 178 Å². The van der Waals surface area contributed by atoms with Gasteiger partial charge in [0.15, 0.2) is 0 Å². The van der Waals surface area contributed by atoms with E-state index >= 15 is 0 Å². The van der Waals surface area contributed by atoms with Crippen molar-refractivity contribution >= 4 is 11.6 Å². The number of para-hydroxylation sites is 1. The van der Waals surface area contributed by atoms with E-state index in [1.807, 2.05) is 24.3 Å². The molecule has 0 aliphatic carbocycles. The largest absolute Gasteiger partial charge is 0.344 e. The first kappa shape index (κ1) is 18.9. The van der Waals surface area contributed by atoms with Crippen LogP contribution in [0.5, 0.6) is 0 Å². The van der Waals surface area contributed by atoms with Crippen LogP contribution in [0.15, 0.2) is 84.9 Å². The van der Waals surface area contributed by atoms with E-state index in [2.05, 4.69) is 75.8 Å². The molecule has 2 heterocycles. The zero-order valence-electron chi connectivity index (χ0n) is 17.1. The Morgan fingerprint density at radius 3 is 1.97 bits per heavy atom. The fraction of sp³-hybridized carbons (Fsp3) is 0.269. The number of likely N-dealkylation sites (tertiary alicyclic amines) is 1. The van der Waals surface area contributed by atoms with E-state index < -0.39 is 0 Å². The molecule has 4 nitrogen and oxygen atoms in total. The van der Waals surface area contributed by atoms with Crippen LogP contribution in [0.25, 0.3) is 0 Å². The van der Waals surface area contributed by atoms with E-state index in [1.54, 1.807) is 0 Å². The van der Waals surface area contributed by atoms with Crippen molar-refractivity contribution < 1.29 is 4.79 Å². The number of carbonyl (C=O) groups excluding carboxylic acids is 1. The van der Waals surface area contributed by atoms with Gasteiger partial charge in [-0.05, 0) is 23.3 Å². The van der Waals surface area contributed by atoms with Crippen LogP contribution in [0.3, 0.4) is 0 Å². The number of benzene rings is 3. The Morgan fingerprint density at radius 1 is 0.733 bits per heavy atom. The zero-order chi connectivity index (χ0) is 20.4. The van der Waals surface area contributed by atoms with Gasteiger partial charge in [0.2, 0.25) is 0 Å². The van der Waals surface area contributed by atoms with E-state index in [0.717, 1.165) is 50.3 Å². The van der Waals surface area contributed by atoms with Crippen molar-refractivity contribution in [3.05, 3.63) is 102 Å². The first-order chi connectivity index (χ1) is 14.7. The maximum atomic E-state index is 13.0. The molecule has 0 aromatic heterocycles. The molecule has 4 heteroatoms. The molecule has 1 spiro atoms. The standard InChI is InChI=1S/C26H27N3O/c30-25-23-13-7-8-14-24(23)29(20-22-11-5-2-6-12-22)26(27-25)15-17-28(18-16-26)19-21-9-3-1-4-10-21/h1-14H,15-20H2,(H,27,30). The smallest absolute Gasteiger partial charge is 0.255 e. The maximum Gasteiger partial charge on any atom is 0.255 e. The molecule has 3 aromatic rings. The summed E-state index contributed by atoms with van der Waals surface area (Å²) in [6.07, 6.45) is 1.82. The van der Waals surface area contributed by atoms with Gasteiger partial charge in [0, 0.05) is 39.0 Å². The average Bonchev–Trinajstić information content (AvgIpc) is 2.80. The third-order valence-electron chi connectivity index (χ3n) is 6.42. The van der Waals surface area contributed by atoms with Crippen molar-refractivity contribution in [3.8, 4) is 0 Å². The number of carbonyl (C=O) groups is 1. The molecule has 0 bridgehead atoms. The number of fused-ring (bicyclic) bond motifs is 1. The van der Waals surface area contributed by atoms with Crippen LogP contribution in [0.4, 0.5) is 5.69 Å². The first-order valence-corrected chi connectivity index (χ1v) is 10.7. The van der Waals surface area contributed by atoms with E-state index in [-0.39, 0.29) is 11.6 Å². The van der Waals surface area contributed by atoms with Crippen molar-refractivity contribution in [2.24, 2.45) is 0 Å². The Kier molecular flexibility index (Phi) is 5.01. The highest BCUT2D eigenvalue weighted by atomic mass is 16.2. The topological polar surface area (TPSA) is 35.6 Å². The first-order valence-electron chi connectivity index (χ1n) is 10.7. The number of piperidine rings is 1. The highest BCUT2D eigenvalue weighted by Gasteiger charge is 2.45. The Bertz CT molecular complexity index is 1010. The van der Waals surface area contributed by atoms with Crippen LogP contribution in [-0.2, 0) is 13.1 Å². The van der Waals surface area contributed by atoms with E-state index in [9.17, 15) is 4.79 Å². The molecule has 0 saturated carbocycles. The molecule has 0 unspecified atom stereocenters. The Morgan fingerprint density at radius 2 is 1.30 bits per heavy atom. The third kappa shape index (κ3) is 3.59. The third-order valence-corrected chi connectivity index (χ3v) is 6.42. The van der Waals surface area contributed by atoms with Gasteiger partial charge in [-0.15, -0.1) is 0 Å². The minimum absolute atomic E-state index is 0.0476. The number of hydrogen-bond acceptors (Lipinski definition) is 3. The number of anilines is 1. The molecule has 1 fully saturated rings. The van der Waals surface area contributed by atoms with Crippen molar-refractivity contribution in [3.63, 3.8) is 0 Å². The lowest BCUT2D eigenvalue weighted by molar-refractivity contribution is 0.0758. The van der Waals surface area contributed by atoms with E-state index in [0.29, 0.717) is 0 Å². The highest BCUT2D eigenvalue weighted by Crippen LogP contribution is 2.38. The number of amides is 1. The van der Waals surface area contributed by atoms with Gasteiger partial charge in [0.1, 0.15) is 5.66 Å². The molecular formula is C26H27N3O. The van der Waals surface area contributed by atoms with Crippen LogP contribution in [0, 0.1) is 0 Å². The molecule has 2 aliphatic heterocycles. The zero-order valence-corrected chi connectivity index (χ0v) is 17.1. The van der Waals surface area contributed by atoms with Gasteiger partial charge < -0.3 is 10.2 Å². The SMILES string of the molecule is O=C1NC2(CCN(Cc3ccccc3)CC2)N(Cc2ccccc2)c2ccccc21. The van der Waals surface area contributed by atoms with Crippen LogP contribution in [0.2, 0.25) is 0 Å². The lowest BCUT2D eigenvalue weighted by Crippen LogP contribution is -2.67. The monoisotopic (exact) mass is 397 g/mol. The van der Waals surface area contributed by atoms with E-state index in [4.69, 9.17) is 0 Å². The lowest BCUT2D eigenvalue weighted by atomic mass is 9.89. The number of nitrogens with one attached hydrogen (secondary N) is 1. The predicted molar refractivity (Wildman–Crippen MR) is 120 cm³/mol. The van der Waals surface area contributed by atoms with Gasteiger partial charge >= 0.3 is 0 Å². The summed E-state index contributed by atoms with van der Waals surface area (Å²) in [5.74, 6) is 0.0476. The van der Waals surface area contributed by atoms with Crippen molar-refractivity contribution in [2.75, 3.05) is 18.0 Å². The van der Waals surface area contributed by atoms with E-state index in [1.165, 1.54) is 11.1 Å². The molecule has 0 atom stereocenters. The van der Waals surface area contributed by atoms with Crippen molar-refractivity contribution in [1.82, 2.24) is 10.2 Å². The van der Waals surface area contributed by atoms with Crippen LogP contribution in [0.1, 0.15) is 34.3 Å². The molecule has 30 heavy (non-hydrogen) atoms. The quantitative estimate of drug-likeness (QED) is 0.707. The fourth-order valence-corrected chi connectivity index (χ4v) is 4.80. The molecule has 152 valence electrons. The van der Waals surface area contributed by atoms with Crippen molar-refractivity contribution in [2.45, 2.75) is 31.6 Å². The van der Waals surface area contributed by atoms with Gasteiger partial charge in [0.05, 0.1) is 11.3 Å². The summed E-state index contributed by atoms with van der Waals surface area (Å²) >= 11 is 0. The number of rotatable bonds is 4. The second-order valence-electron chi connectivity index (χ2n) is 8.34. The van der Waals surface area contributed by atoms with Gasteiger partial charge in [0.25, 0.3) is 5.91 Å². The minimum atomic E-state index is -0.339. The number of hydrogen-bond donors (Lipinski definition) is 1. The fourth-order valence-electron chi connectivity index (χ4n) is 4.80. The highest BCUT2D eigenvalue weighted by molar-refractivity contribution is 6.02. The molecule has 5 rings (SSSR count). The molecule has 0 radical (unpaired) electrons. The van der Waals surface area contributed by atoms with Crippen LogP contribution < -0.4 is 10.2 Å². The second-order valence-corrected chi connectivity index (χ2v) is 8.34. The Balaban J connectivity index is 1.42. The second kappa shape index (κ2) is 7.96. The molecule has 2 aliphatic rings. The minimum Gasteiger partial charge on any atom is -0.344 e. The molecule has 1 amide bonds. The van der Waals surface area contributed by atoms with Gasteiger partial charge in [-0.3, -0.25) is 9.69 Å². The average molecular weight is 398 g/mol. The normalized spacial score (nSPS) is 18.1. The maximum absolute atomic E-state index is 13.0. The van der Waals surface area contributed by atoms with Crippen molar-refractivity contribution in [1.29, 1.82) is 0 Å². The summed E-state index contributed by atoms with van der Waals surface area (Å²) < 4.78 is 0. The summed E-state index contributed by atoms with van der Waals surface area (Å²) in [6.45, 7) is 3.67. The lowest BCUT2D eigenvalue weighted by Gasteiger charge is -2.53. The summed E-state index contributed by atoms with van der Waals surface area (Å²) in [4.78, 5) is 17.9. The molecular weight excluding hydrogens is 370 g/mol. The molecule has 3 aromatic carbocycles. The van der Waals surface area contributed by atoms with Gasteiger partial charge in [-0.1, -0.05) is 72.8 Å². The molecule has 1 saturated heterocycles. The Hall–Kier alpha value is -3.11. The molecule has 1 N–H and O–H groups in total. The van der Waals surface area contributed by atoms with Crippen LogP contribution in [-0.4, -0.2) is 29.6 Å². The van der Waals surface area contributed by atoms with Gasteiger partial charge in [-0.2, -0.15) is 0 Å². The summed E-state index contributed by atoms with van der Waals surface area (Å²) in [6, 6.07) is 29.2. The predicted octanol–water partition coefficient (Wildman–Crippen LogP) is 4.43. The summed E-state index contributed by atoms with van der Waals surface area (Å²) in [5, 5.41) is 3.40. The summed E-state index contributed by atoms with van der Waals surface area (Å²) in [7, 11) is 0. The number of nitrogens with zero attached hydrogens (tertiary/aromatic N) is 2. The van der Waals surface area contributed by atoms with Crippen LogP contribution >= 0.6 is 0 Å². The summed E-state index contributed by atoms with van der Waals surface area (Å²) in [5.41, 5.74) is 4.07. The van der Waals surface area contributed by atoms with Gasteiger partial charge in [-0.25, -0.2) is 0 Å².